The SMILES string of the molecule is COP(NC(C)=O)(NC(C)=O)(OC)n1cccc1. The van der Waals surface area contributed by atoms with Crippen LogP contribution in [0.3, 0.4) is 0 Å². The number of carbonyl (C=O) groups excluding carboxylic acids is 2. The normalized spacial score (nSPS) is 13.4. The van der Waals surface area contributed by atoms with Crippen LogP contribution in [-0.4, -0.2) is 30.4 Å². The zero-order chi connectivity index (χ0) is 13.8. The van der Waals surface area contributed by atoms with E-state index in [1.54, 1.807) is 24.5 Å². The van der Waals surface area contributed by atoms with Gasteiger partial charge in [-0.05, 0) is 0 Å². The van der Waals surface area contributed by atoms with E-state index in [4.69, 9.17) is 9.05 Å². The summed E-state index contributed by atoms with van der Waals surface area (Å²) >= 11 is 0. The minimum absolute atomic E-state index is 0.376. The Bertz CT molecular complexity index is 422. The number of nitrogens with one attached hydrogen (secondary N) is 2. The van der Waals surface area contributed by atoms with E-state index < -0.39 is 7.51 Å². The van der Waals surface area contributed by atoms with Crippen molar-refractivity contribution in [2.75, 3.05) is 14.2 Å². The van der Waals surface area contributed by atoms with Crippen molar-refractivity contribution in [3.05, 3.63) is 24.5 Å². The van der Waals surface area contributed by atoms with Crippen molar-refractivity contribution in [2.45, 2.75) is 13.8 Å². The Balaban J connectivity index is 3.44. The molecule has 1 rings (SSSR count). The quantitative estimate of drug-likeness (QED) is 0.786. The van der Waals surface area contributed by atoms with Gasteiger partial charge in [-0.3, -0.25) is 0 Å². The van der Waals surface area contributed by atoms with E-state index in [1.165, 1.54) is 32.4 Å². The molecule has 2 amide bonds. The van der Waals surface area contributed by atoms with Crippen LogP contribution in [0.2, 0.25) is 0 Å². The molecule has 0 aliphatic carbocycles. The van der Waals surface area contributed by atoms with Crippen LogP contribution in [0.1, 0.15) is 13.8 Å². The molecule has 0 aliphatic heterocycles. The van der Waals surface area contributed by atoms with Gasteiger partial charge in [0.2, 0.25) is 0 Å². The average molecular weight is 275 g/mol. The zero-order valence-corrected chi connectivity index (χ0v) is 11.7. The van der Waals surface area contributed by atoms with E-state index in [0.717, 1.165) is 0 Å². The third-order valence-corrected chi connectivity index (χ3v) is 6.27. The van der Waals surface area contributed by atoms with Crippen LogP contribution in [0.5, 0.6) is 0 Å². The Morgan fingerprint density at radius 2 is 1.39 bits per heavy atom. The summed E-state index contributed by atoms with van der Waals surface area (Å²) in [4.78, 5) is 22.9. The van der Waals surface area contributed by atoms with Crippen LogP contribution in [0, 0.1) is 0 Å². The van der Waals surface area contributed by atoms with Gasteiger partial charge in [0.1, 0.15) is 0 Å². The number of amides is 2. The number of hydrogen-bond acceptors (Lipinski definition) is 4. The summed E-state index contributed by atoms with van der Waals surface area (Å²) < 4.78 is 12.4. The molecule has 0 aliphatic rings. The van der Waals surface area contributed by atoms with Gasteiger partial charge in [0.15, 0.2) is 0 Å². The second-order valence-corrected chi connectivity index (χ2v) is 7.15. The average Bonchev–Trinajstić information content (AvgIpc) is 2.81. The van der Waals surface area contributed by atoms with E-state index in [9.17, 15) is 9.59 Å². The molecule has 0 unspecified atom stereocenters. The van der Waals surface area contributed by atoms with Crippen molar-refractivity contribution in [3.8, 4) is 0 Å². The first-order chi connectivity index (χ1) is 8.38. The summed E-state index contributed by atoms with van der Waals surface area (Å²) in [5.74, 6) is -0.752. The first kappa shape index (κ1) is 14.6. The van der Waals surface area contributed by atoms with Gasteiger partial charge in [-0.2, -0.15) is 0 Å². The van der Waals surface area contributed by atoms with Gasteiger partial charge >= 0.3 is 105 Å². The molecule has 0 saturated heterocycles. The maximum atomic E-state index is 11.5. The molecule has 0 radical (unpaired) electrons. The molecule has 8 heteroatoms. The van der Waals surface area contributed by atoms with Gasteiger partial charge in [0.25, 0.3) is 0 Å². The van der Waals surface area contributed by atoms with Crippen molar-refractivity contribution >= 4 is 19.3 Å². The van der Waals surface area contributed by atoms with Gasteiger partial charge in [-0.15, -0.1) is 0 Å². The van der Waals surface area contributed by atoms with Crippen molar-refractivity contribution in [1.29, 1.82) is 0 Å². The fraction of sp³-hybridized carbons (Fsp3) is 0.400. The summed E-state index contributed by atoms with van der Waals surface area (Å²) in [6.45, 7) is 2.65. The second-order valence-electron chi connectivity index (χ2n) is 3.68. The van der Waals surface area contributed by atoms with Crippen LogP contribution in [0.4, 0.5) is 0 Å². The predicted molar refractivity (Wildman–Crippen MR) is 68.4 cm³/mol. The maximum absolute atomic E-state index is 11.5. The van der Waals surface area contributed by atoms with Crippen molar-refractivity contribution in [3.63, 3.8) is 0 Å². The van der Waals surface area contributed by atoms with E-state index in [2.05, 4.69) is 10.2 Å². The standard InChI is InChI=1S/C10H18N3O4P/c1-9(14)11-18(16-3,17-4,12-10(2)15)13-7-5-6-8-13/h5-8H,1-4H3,(H,11,14)(H,12,15). The molecular formula is C10H18N3O4P. The van der Waals surface area contributed by atoms with Crippen LogP contribution >= 0.6 is 7.51 Å². The van der Waals surface area contributed by atoms with Gasteiger partial charge in [0.05, 0.1) is 0 Å². The number of carbonyl (C=O) groups is 2. The van der Waals surface area contributed by atoms with Gasteiger partial charge in [0, 0.05) is 0 Å². The topological polar surface area (TPSA) is 81.6 Å². The second kappa shape index (κ2) is 5.06. The number of rotatable bonds is 5. The predicted octanol–water partition coefficient (Wildman–Crippen LogP) is 1.03. The van der Waals surface area contributed by atoms with E-state index >= 15 is 0 Å². The van der Waals surface area contributed by atoms with Crippen LogP contribution in [0.15, 0.2) is 24.5 Å². The molecule has 2 N–H and O–H groups in total. The summed E-state index contributed by atoms with van der Waals surface area (Å²) in [6.07, 6.45) is 3.30. The Morgan fingerprint density at radius 3 is 1.67 bits per heavy atom. The fourth-order valence-corrected chi connectivity index (χ4v) is 4.64. The van der Waals surface area contributed by atoms with E-state index in [1.807, 2.05) is 0 Å². The summed E-state index contributed by atoms with van der Waals surface area (Å²) in [7, 11) is -1.28. The number of nitrogens with zero attached hydrogens (tertiary/aromatic N) is 1. The summed E-state index contributed by atoms with van der Waals surface area (Å²) in [5.41, 5.74) is 0. The summed E-state index contributed by atoms with van der Waals surface area (Å²) in [6, 6.07) is 3.48. The van der Waals surface area contributed by atoms with E-state index in [0.29, 0.717) is 0 Å². The molecule has 1 heterocycles. The Labute approximate surface area is 106 Å². The van der Waals surface area contributed by atoms with Gasteiger partial charge < -0.3 is 0 Å². The molecule has 0 bridgehead atoms. The molecule has 0 saturated carbocycles. The minimum atomic E-state index is -4.01. The molecule has 0 fully saturated rings. The molecule has 18 heavy (non-hydrogen) atoms. The zero-order valence-electron chi connectivity index (χ0n) is 10.8. The van der Waals surface area contributed by atoms with E-state index in [-0.39, 0.29) is 11.8 Å². The van der Waals surface area contributed by atoms with Crippen LogP contribution in [-0.2, 0) is 18.6 Å². The first-order valence-corrected chi connectivity index (χ1v) is 7.28. The first-order valence-electron chi connectivity index (χ1n) is 5.25. The van der Waals surface area contributed by atoms with Crippen LogP contribution < -0.4 is 10.2 Å². The van der Waals surface area contributed by atoms with Crippen LogP contribution in [0.25, 0.3) is 0 Å². The number of aromatic nitrogens is 1. The Morgan fingerprint density at radius 1 is 1.00 bits per heavy atom. The fourth-order valence-electron chi connectivity index (χ4n) is 1.71. The van der Waals surface area contributed by atoms with Gasteiger partial charge in [-0.1, -0.05) is 0 Å². The molecule has 102 valence electrons. The third kappa shape index (κ3) is 2.38. The molecule has 1 aromatic rings. The number of hydrogen-bond donors (Lipinski definition) is 2. The molecule has 7 nitrogen and oxygen atoms in total. The Kier molecular flexibility index (Phi) is 4.11. The Hall–Kier alpha value is -1.43. The molecule has 0 aromatic carbocycles. The third-order valence-electron chi connectivity index (χ3n) is 2.40. The van der Waals surface area contributed by atoms with Gasteiger partial charge in [-0.25, -0.2) is 0 Å². The van der Waals surface area contributed by atoms with Crippen molar-refractivity contribution in [2.24, 2.45) is 0 Å². The molecular weight excluding hydrogens is 257 g/mol. The summed E-state index contributed by atoms with van der Waals surface area (Å²) in [5, 5.41) is 5.24. The molecule has 0 atom stereocenters. The molecule has 0 spiro atoms. The molecule has 1 aromatic heterocycles. The van der Waals surface area contributed by atoms with Crippen molar-refractivity contribution < 1.29 is 18.6 Å². The monoisotopic (exact) mass is 275 g/mol. The van der Waals surface area contributed by atoms with Crippen molar-refractivity contribution in [1.82, 2.24) is 14.5 Å².